The van der Waals surface area contributed by atoms with Crippen LogP contribution in [0.2, 0.25) is 0 Å². The SMILES string of the molecule is CC.CC.CNCC1CCC(C(C)=O)CC1. The lowest BCUT2D eigenvalue weighted by Gasteiger charge is -2.26. The van der Waals surface area contributed by atoms with E-state index in [9.17, 15) is 4.79 Å². The van der Waals surface area contributed by atoms with Crippen molar-refractivity contribution in [2.75, 3.05) is 13.6 Å². The average molecular weight is 229 g/mol. The number of rotatable bonds is 3. The Morgan fingerprint density at radius 1 is 1.06 bits per heavy atom. The smallest absolute Gasteiger partial charge is 0.132 e. The molecule has 1 aliphatic rings. The van der Waals surface area contributed by atoms with Crippen LogP contribution in [-0.2, 0) is 4.79 Å². The van der Waals surface area contributed by atoms with Gasteiger partial charge in [-0.25, -0.2) is 0 Å². The Hall–Kier alpha value is -0.370. The number of nitrogens with one attached hydrogen (secondary N) is 1. The molecule has 0 aliphatic heterocycles. The van der Waals surface area contributed by atoms with Gasteiger partial charge in [0.15, 0.2) is 0 Å². The van der Waals surface area contributed by atoms with Crippen molar-refractivity contribution in [2.45, 2.75) is 60.3 Å². The molecule has 0 radical (unpaired) electrons. The van der Waals surface area contributed by atoms with Gasteiger partial charge in [0.25, 0.3) is 0 Å². The molecule has 0 heterocycles. The molecule has 2 nitrogen and oxygen atoms in total. The summed E-state index contributed by atoms with van der Waals surface area (Å²) in [5.41, 5.74) is 0. The molecular weight excluding hydrogens is 198 g/mol. The Morgan fingerprint density at radius 2 is 1.50 bits per heavy atom. The van der Waals surface area contributed by atoms with E-state index >= 15 is 0 Å². The molecule has 1 rings (SSSR count). The first-order valence-electron chi connectivity index (χ1n) is 6.89. The molecule has 0 spiro atoms. The second-order valence-electron chi connectivity index (χ2n) is 3.89. The van der Waals surface area contributed by atoms with E-state index in [1.165, 1.54) is 12.8 Å². The maximum absolute atomic E-state index is 11.0. The summed E-state index contributed by atoms with van der Waals surface area (Å²) in [5, 5.41) is 3.20. The van der Waals surface area contributed by atoms with Crippen LogP contribution in [0.5, 0.6) is 0 Å². The summed E-state index contributed by atoms with van der Waals surface area (Å²) in [6.45, 7) is 10.8. The van der Waals surface area contributed by atoms with E-state index in [1.54, 1.807) is 6.92 Å². The highest BCUT2D eigenvalue weighted by Crippen LogP contribution is 2.28. The van der Waals surface area contributed by atoms with Crippen molar-refractivity contribution in [3.05, 3.63) is 0 Å². The third-order valence-electron chi connectivity index (χ3n) is 2.91. The molecule has 0 aromatic rings. The van der Waals surface area contributed by atoms with Gasteiger partial charge in [0.1, 0.15) is 5.78 Å². The van der Waals surface area contributed by atoms with E-state index in [-0.39, 0.29) is 0 Å². The zero-order valence-corrected chi connectivity index (χ0v) is 12.1. The lowest BCUT2D eigenvalue weighted by molar-refractivity contribution is -0.121. The van der Waals surface area contributed by atoms with Crippen molar-refractivity contribution < 1.29 is 4.79 Å². The molecule has 0 amide bonds. The number of carbonyl (C=O) groups is 1. The predicted molar refractivity (Wildman–Crippen MR) is 72.8 cm³/mol. The summed E-state index contributed by atoms with van der Waals surface area (Å²) in [5.74, 6) is 1.57. The van der Waals surface area contributed by atoms with Crippen LogP contribution in [0.3, 0.4) is 0 Å². The van der Waals surface area contributed by atoms with E-state index in [0.717, 1.165) is 25.3 Å². The predicted octanol–water partition coefficient (Wildman–Crippen LogP) is 3.65. The van der Waals surface area contributed by atoms with Crippen molar-refractivity contribution in [3.8, 4) is 0 Å². The van der Waals surface area contributed by atoms with Gasteiger partial charge in [-0.05, 0) is 52.1 Å². The Balaban J connectivity index is 0. The second kappa shape index (κ2) is 12.7. The highest BCUT2D eigenvalue weighted by molar-refractivity contribution is 5.78. The summed E-state index contributed by atoms with van der Waals surface area (Å²) in [7, 11) is 2.00. The Bertz CT molecular complexity index is 149. The Morgan fingerprint density at radius 3 is 1.81 bits per heavy atom. The Labute approximate surface area is 102 Å². The maximum atomic E-state index is 11.0. The van der Waals surface area contributed by atoms with Gasteiger partial charge in [0.05, 0.1) is 0 Å². The molecule has 1 saturated carbocycles. The minimum atomic E-state index is 0.373. The molecular formula is C14H31NO. The summed E-state index contributed by atoms with van der Waals surface area (Å²) < 4.78 is 0. The molecule has 1 N–H and O–H groups in total. The van der Waals surface area contributed by atoms with Crippen molar-refractivity contribution in [2.24, 2.45) is 11.8 Å². The van der Waals surface area contributed by atoms with E-state index in [0.29, 0.717) is 11.7 Å². The fourth-order valence-electron chi connectivity index (χ4n) is 2.06. The van der Waals surface area contributed by atoms with Crippen LogP contribution in [0, 0.1) is 11.8 Å². The molecule has 0 atom stereocenters. The largest absolute Gasteiger partial charge is 0.319 e. The standard InChI is InChI=1S/C10H19NO.2C2H6/c1-8(12)10-5-3-9(4-6-10)7-11-2;2*1-2/h9-11H,3-7H2,1-2H3;2*1-2H3. The zero-order chi connectivity index (χ0) is 13.0. The third-order valence-corrected chi connectivity index (χ3v) is 2.91. The van der Waals surface area contributed by atoms with Crippen LogP contribution in [0.15, 0.2) is 0 Å². The van der Waals surface area contributed by atoms with Crippen LogP contribution in [0.1, 0.15) is 60.3 Å². The highest BCUT2D eigenvalue weighted by Gasteiger charge is 2.22. The fourth-order valence-corrected chi connectivity index (χ4v) is 2.06. The van der Waals surface area contributed by atoms with E-state index in [4.69, 9.17) is 0 Å². The quantitative estimate of drug-likeness (QED) is 0.800. The van der Waals surface area contributed by atoms with Crippen LogP contribution in [0.25, 0.3) is 0 Å². The van der Waals surface area contributed by atoms with Gasteiger partial charge in [-0.1, -0.05) is 27.7 Å². The van der Waals surface area contributed by atoms with Gasteiger partial charge >= 0.3 is 0 Å². The average Bonchev–Trinajstić information content (AvgIpc) is 2.35. The van der Waals surface area contributed by atoms with Gasteiger partial charge in [-0.3, -0.25) is 4.79 Å². The second-order valence-corrected chi connectivity index (χ2v) is 3.89. The molecule has 98 valence electrons. The summed E-state index contributed by atoms with van der Waals surface area (Å²) in [6.07, 6.45) is 4.68. The first-order chi connectivity index (χ1) is 7.74. The number of Topliss-reactive ketones (excluding diaryl/α,β-unsaturated/α-hetero) is 1. The van der Waals surface area contributed by atoms with Crippen LogP contribution >= 0.6 is 0 Å². The molecule has 16 heavy (non-hydrogen) atoms. The summed E-state index contributed by atoms with van der Waals surface area (Å²) in [6, 6.07) is 0. The molecule has 0 unspecified atom stereocenters. The summed E-state index contributed by atoms with van der Waals surface area (Å²) in [4.78, 5) is 11.0. The normalized spacial score (nSPS) is 23.4. The van der Waals surface area contributed by atoms with Gasteiger partial charge in [-0.15, -0.1) is 0 Å². The van der Waals surface area contributed by atoms with Crippen molar-refractivity contribution in [1.82, 2.24) is 5.32 Å². The maximum Gasteiger partial charge on any atom is 0.132 e. The van der Waals surface area contributed by atoms with Crippen molar-refractivity contribution in [1.29, 1.82) is 0 Å². The first-order valence-corrected chi connectivity index (χ1v) is 6.89. The van der Waals surface area contributed by atoms with Crippen LogP contribution < -0.4 is 5.32 Å². The molecule has 0 saturated heterocycles. The first kappa shape index (κ1) is 18.0. The molecule has 0 aromatic carbocycles. The lowest BCUT2D eigenvalue weighted by atomic mass is 9.80. The van der Waals surface area contributed by atoms with E-state index in [2.05, 4.69) is 5.32 Å². The molecule has 1 fully saturated rings. The Kier molecular flexibility index (Phi) is 14.3. The van der Waals surface area contributed by atoms with Crippen molar-refractivity contribution in [3.63, 3.8) is 0 Å². The highest BCUT2D eigenvalue weighted by atomic mass is 16.1. The van der Waals surface area contributed by atoms with Gasteiger partial charge in [0, 0.05) is 5.92 Å². The zero-order valence-electron chi connectivity index (χ0n) is 12.1. The number of hydrogen-bond donors (Lipinski definition) is 1. The van der Waals surface area contributed by atoms with Gasteiger partial charge in [0.2, 0.25) is 0 Å². The van der Waals surface area contributed by atoms with Gasteiger partial charge < -0.3 is 5.32 Å². The van der Waals surface area contributed by atoms with Crippen molar-refractivity contribution >= 4 is 5.78 Å². The van der Waals surface area contributed by atoms with Crippen LogP contribution in [0.4, 0.5) is 0 Å². The fraction of sp³-hybridized carbons (Fsp3) is 0.929. The minimum Gasteiger partial charge on any atom is -0.319 e. The van der Waals surface area contributed by atoms with E-state index < -0.39 is 0 Å². The third kappa shape index (κ3) is 7.86. The molecule has 1 aliphatic carbocycles. The number of ketones is 1. The number of carbonyl (C=O) groups excluding carboxylic acids is 1. The van der Waals surface area contributed by atoms with Crippen LogP contribution in [-0.4, -0.2) is 19.4 Å². The number of hydrogen-bond acceptors (Lipinski definition) is 2. The summed E-state index contributed by atoms with van der Waals surface area (Å²) >= 11 is 0. The monoisotopic (exact) mass is 229 g/mol. The molecule has 0 aromatic heterocycles. The van der Waals surface area contributed by atoms with Gasteiger partial charge in [-0.2, -0.15) is 0 Å². The molecule has 2 heteroatoms. The molecule has 0 bridgehead atoms. The topological polar surface area (TPSA) is 29.1 Å². The minimum absolute atomic E-state index is 0.373. The van der Waals surface area contributed by atoms with E-state index in [1.807, 2.05) is 34.7 Å². The lowest BCUT2D eigenvalue weighted by Crippen LogP contribution is -2.26.